The normalized spacial score (nSPS) is 19.0. The molecule has 0 atom stereocenters. The van der Waals surface area contributed by atoms with Crippen LogP contribution in [0.2, 0.25) is 0 Å². The second-order valence-electron chi connectivity index (χ2n) is 4.08. The van der Waals surface area contributed by atoms with E-state index < -0.39 is 0 Å². The average Bonchev–Trinajstić information content (AvgIpc) is 2.76. The molecule has 0 aromatic carbocycles. The van der Waals surface area contributed by atoms with Crippen LogP contribution in [-0.2, 0) is 4.79 Å². The van der Waals surface area contributed by atoms with Crippen LogP contribution >= 0.6 is 11.5 Å². The molecule has 0 saturated heterocycles. The van der Waals surface area contributed by atoms with Gasteiger partial charge in [0.15, 0.2) is 0 Å². The summed E-state index contributed by atoms with van der Waals surface area (Å²) < 4.78 is 3.67. The molecule has 1 aliphatic rings. The van der Waals surface area contributed by atoms with Crippen molar-refractivity contribution < 1.29 is 4.79 Å². The van der Waals surface area contributed by atoms with Crippen LogP contribution in [0.4, 0.5) is 5.00 Å². The molecule has 0 aliphatic heterocycles. The minimum Gasteiger partial charge on any atom is -0.325 e. The number of hydrogen-bond acceptors (Lipinski definition) is 5. The third kappa shape index (κ3) is 2.73. The van der Waals surface area contributed by atoms with Crippen LogP contribution in [0.5, 0.6) is 0 Å². The molecule has 1 aromatic heterocycles. The van der Waals surface area contributed by atoms with Crippen LogP contribution in [0.15, 0.2) is 6.20 Å². The first-order chi connectivity index (χ1) is 7.18. The molecule has 2 rings (SSSR count). The molecule has 1 aromatic rings. The van der Waals surface area contributed by atoms with Crippen LogP contribution in [0, 0.1) is 0 Å². The number of carbonyl (C=O) groups is 1. The van der Waals surface area contributed by atoms with E-state index in [1.807, 2.05) is 0 Å². The lowest BCUT2D eigenvalue weighted by Gasteiger charge is -2.22. The van der Waals surface area contributed by atoms with Crippen molar-refractivity contribution in [2.24, 2.45) is 5.73 Å². The van der Waals surface area contributed by atoms with Gasteiger partial charge in [-0.2, -0.15) is 0 Å². The van der Waals surface area contributed by atoms with E-state index >= 15 is 0 Å². The third-order valence-corrected chi connectivity index (χ3v) is 3.32. The molecule has 0 spiro atoms. The molecule has 1 saturated carbocycles. The highest BCUT2D eigenvalue weighted by atomic mass is 32.1. The fourth-order valence-corrected chi connectivity index (χ4v) is 2.42. The van der Waals surface area contributed by atoms with Crippen LogP contribution in [0.1, 0.15) is 32.1 Å². The van der Waals surface area contributed by atoms with Crippen molar-refractivity contribution in [1.82, 2.24) is 9.59 Å². The smallest absolute Gasteiger partial charge is 0.226 e. The predicted octanol–water partition coefficient (Wildman–Crippen LogP) is 1.14. The monoisotopic (exact) mass is 226 g/mol. The zero-order chi connectivity index (χ0) is 10.7. The molecule has 3 N–H and O–H groups in total. The summed E-state index contributed by atoms with van der Waals surface area (Å²) in [6.45, 7) is 0. The topological polar surface area (TPSA) is 80.9 Å². The lowest BCUT2D eigenvalue weighted by Crippen LogP contribution is -2.40. The fourth-order valence-electron chi connectivity index (χ4n) is 1.98. The molecule has 1 amide bonds. The summed E-state index contributed by atoms with van der Waals surface area (Å²) in [4.78, 5) is 11.6. The van der Waals surface area contributed by atoms with Crippen LogP contribution in [-0.4, -0.2) is 21.0 Å². The fraction of sp³-hybridized carbons (Fsp3) is 0.667. The number of nitrogens with one attached hydrogen (secondary N) is 1. The molecular formula is C9H14N4OS. The first-order valence-corrected chi connectivity index (χ1v) is 5.81. The second kappa shape index (κ2) is 4.24. The Hall–Kier alpha value is -1.01. The number of anilines is 1. The summed E-state index contributed by atoms with van der Waals surface area (Å²) in [5.74, 6) is -0.0366. The minimum atomic E-state index is -0.289. The van der Waals surface area contributed by atoms with Gasteiger partial charge in [-0.05, 0) is 12.8 Å². The lowest BCUT2D eigenvalue weighted by molar-refractivity contribution is -0.117. The van der Waals surface area contributed by atoms with E-state index in [2.05, 4.69) is 14.9 Å². The largest absolute Gasteiger partial charge is 0.325 e. The van der Waals surface area contributed by atoms with E-state index in [0.29, 0.717) is 11.4 Å². The Balaban J connectivity index is 1.87. The van der Waals surface area contributed by atoms with E-state index in [0.717, 1.165) is 25.7 Å². The highest BCUT2D eigenvalue weighted by Gasteiger charge is 2.31. The van der Waals surface area contributed by atoms with Gasteiger partial charge in [-0.3, -0.25) is 4.79 Å². The van der Waals surface area contributed by atoms with Gasteiger partial charge in [0.1, 0.15) is 5.00 Å². The van der Waals surface area contributed by atoms with Gasteiger partial charge in [0, 0.05) is 23.5 Å². The number of nitrogens with zero attached hydrogens (tertiary/aromatic N) is 2. The number of rotatable bonds is 3. The minimum absolute atomic E-state index is 0.0366. The Morgan fingerprint density at radius 2 is 2.33 bits per heavy atom. The Morgan fingerprint density at radius 1 is 1.60 bits per heavy atom. The van der Waals surface area contributed by atoms with Gasteiger partial charge < -0.3 is 11.1 Å². The molecule has 0 radical (unpaired) electrons. The quantitative estimate of drug-likeness (QED) is 0.809. The maximum Gasteiger partial charge on any atom is 0.226 e. The Labute approximate surface area is 92.2 Å². The highest BCUT2D eigenvalue weighted by molar-refractivity contribution is 7.10. The molecule has 6 heteroatoms. The molecule has 0 unspecified atom stereocenters. The molecule has 15 heavy (non-hydrogen) atoms. The number of carbonyl (C=O) groups excluding carboxylic acids is 1. The molecule has 1 aliphatic carbocycles. The van der Waals surface area contributed by atoms with Gasteiger partial charge in [0.05, 0.1) is 6.20 Å². The van der Waals surface area contributed by atoms with Gasteiger partial charge in [0.2, 0.25) is 5.91 Å². The summed E-state index contributed by atoms with van der Waals surface area (Å²) in [7, 11) is 0. The van der Waals surface area contributed by atoms with Gasteiger partial charge in [-0.1, -0.05) is 17.3 Å². The number of aromatic nitrogens is 2. The summed E-state index contributed by atoms with van der Waals surface area (Å²) >= 11 is 1.17. The molecule has 1 fully saturated rings. The molecular weight excluding hydrogens is 212 g/mol. The Kier molecular flexibility index (Phi) is 2.97. The standard InChI is InChI=1S/C9H14N4OS/c10-9(3-1-2-4-9)5-7(14)12-8-6-11-13-15-8/h6H,1-5,10H2,(H,12,14). The molecule has 1 heterocycles. The zero-order valence-corrected chi connectivity index (χ0v) is 9.22. The van der Waals surface area contributed by atoms with Crippen molar-refractivity contribution in [2.75, 3.05) is 5.32 Å². The van der Waals surface area contributed by atoms with Gasteiger partial charge in [0.25, 0.3) is 0 Å². The van der Waals surface area contributed by atoms with Crippen molar-refractivity contribution in [3.05, 3.63) is 6.20 Å². The van der Waals surface area contributed by atoms with Crippen molar-refractivity contribution in [2.45, 2.75) is 37.6 Å². The van der Waals surface area contributed by atoms with E-state index in [9.17, 15) is 4.79 Å². The van der Waals surface area contributed by atoms with Gasteiger partial charge >= 0.3 is 0 Å². The number of hydrogen-bond donors (Lipinski definition) is 2. The highest BCUT2D eigenvalue weighted by Crippen LogP contribution is 2.30. The summed E-state index contributed by atoms with van der Waals surface area (Å²) in [6.07, 6.45) is 6.09. The second-order valence-corrected chi connectivity index (χ2v) is 4.86. The van der Waals surface area contributed by atoms with Gasteiger partial charge in [-0.15, -0.1) is 5.10 Å². The van der Waals surface area contributed by atoms with Crippen molar-refractivity contribution in [3.8, 4) is 0 Å². The molecule has 0 bridgehead atoms. The predicted molar refractivity (Wildman–Crippen MR) is 58.5 cm³/mol. The number of amides is 1. The van der Waals surface area contributed by atoms with E-state index in [1.165, 1.54) is 11.5 Å². The summed E-state index contributed by atoms with van der Waals surface area (Å²) in [5.41, 5.74) is 5.81. The van der Waals surface area contributed by atoms with Crippen molar-refractivity contribution in [3.63, 3.8) is 0 Å². The van der Waals surface area contributed by atoms with Crippen LogP contribution in [0.3, 0.4) is 0 Å². The van der Waals surface area contributed by atoms with Crippen molar-refractivity contribution in [1.29, 1.82) is 0 Å². The number of nitrogens with two attached hydrogens (primary N) is 1. The molecule has 5 nitrogen and oxygen atoms in total. The van der Waals surface area contributed by atoms with Crippen LogP contribution < -0.4 is 11.1 Å². The van der Waals surface area contributed by atoms with E-state index in [4.69, 9.17) is 5.73 Å². The molecule has 82 valence electrons. The lowest BCUT2D eigenvalue weighted by atomic mass is 9.94. The third-order valence-electron chi connectivity index (χ3n) is 2.74. The average molecular weight is 226 g/mol. The maximum absolute atomic E-state index is 11.6. The van der Waals surface area contributed by atoms with E-state index in [1.54, 1.807) is 6.20 Å². The van der Waals surface area contributed by atoms with Gasteiger partial charge in [-0.25, -0.2) is 0 Å². The SMILES string of the molecule is NC1(CC(=O)Nc2cnns2)CCCC1. The first-order valence-electron chi connectivity index (χ1n) is 5.04. The summed E-state index contributed by atoms with van der Waals surface area (Å²) in [6, 6.07) is 0. The Morgan fingerprint density at radius 3 is 2.93 bits per heavy atom. The Bertz CT molecular complexity index is 332. The zero-order valence-electron chi connectivity index (χ0n) is 8.40. The van der Waals surface area contributed by atoms with Crippen molar-refractivity contribution >= 4 is 22.4 Å². The van der Waals surface area contributed by atoms with Crippen LogP contribution in [0.25, 0.3) is 0 Å². The first kappa shape index (κ1) is 10.5. The van der Waals surface area contributed by atoms with E-state index in [-0.39, 0.29) is 11.4 Å². The maximum atomic E-state index is 11.6. The summed E-state index contributed by atoms with van der Waals surface area (Å²) in [5, 5.41) is 7.08.